The Labute approximate surface area is 126 Å². The molecule has 1 saturated heterocycles. The van der Waals surface area contributed by atoms with Crippen molar-refractivity contribution in [1.82, 2.24) is 10.2 Å². The lowest BCUT2D eigenvalue weighted by atomic mass is 9.67. The molecule has 2 rings (SSSR count). The summed E-state index contributed by atoms with van der Waals surface area (Å²) in [5.41, 5.74) is 0.505. The van der Waals surface area contributed by atoms with Crippen molar-refractivity contribution >= 4 is 0 Å². The Kier molecular flexibility index (Phi) is 5.18. The molecular formula is C18H36N2. The molecule has 1 aliphatic heterocycles. The maximum Gasteiger partial charge on any atom is 0.0254 e. The Morgan fingerprint density at radius 3 is 2.35 bits per heavy atom. The first kappa shape index (κ1) is 16.3. The minimum absolute atomic E-state index is 0.505. The average Bonchev–Trinajstić information content (AvgIpc) is 2.76. The quantitative estimate of drug-likeness (QED) is 0.840. The lowest BCUT2D eigenvalue weighted by Crippen LogP contribution is -2.54. The first-order valence-corrected chi connectivity index (χ1v) is 8.82. The summed E-state index contributed by atoms with van der Waals surface area (Å²) in [4.78, 5) is 2.82. The van der Waals surface area contributed by atoms with Crippen LogP contribution in [0.1, 0.15) is 66.7 Å². The third-order valence-corrected chi connectivity index (χ3v) is 6.46. The van der Waals surface area contributed by atoms with Crippen LogP contribution in [-0.4, -0.2) is 36.6 Å². The Morgan fingerprint density at radius 1 is 1.15 bits per heavy atom. The van der Waals surface area contributed by atoms with E-state index in [1.54, 1.807) is 0 Å². The molecule has 0 radical (unpaired) electrons. The van der Waals surface area contributed by atoms with Crippen LogP contribution in [0.25, 0.3) is 0 Å². The Hall–Kier alpha value is -0.0800. The molecule has 2 nitrogen and oxygen atoms in total. The zero-order chi connectivity index (χ0) is 14.9. The van der Waals surface area contributed by atoms with Crippen LogP contribution in [-0.2, 0) is 0 Å². The largest absolute Gasteiger partial charge is 0.315 e. The molecule has 0 amide bonds. The van der Waals surface area contributed by atoms with Crippen LogP contribution in [0, 0.1) is 17.3 Å². The Morgan fingerprint density at radius 2 is 1.85 bits per heavy atom. The second-order valence-corrected chi connectivity index (χ2v) is 8.20. The molecule has 0 spiro atoms. The van der Waals surface area contributed by atoms with E-state index in [0.717, 1.165) is 23.9 Å². The first-order valence-electron chi connectivity index (χ1n) is 8.82. The first-order chi connectivity index (χ1) is 9.39. The number of likely N-dealkylation sites (N-methyl/N-ethyl adjacent to an activating group) is 1. The molecule has 0 aromatic rings. The van der Waals surface area contributed by atoms with Gasteiger partial charge in [-0.2, -0.15) is 0 Å². The maximum atomic E-state index is 3.61. The fourth-order valence-corrected chi connectivity index (χ4v) is 4.64. The van der Waals surface area contributed by atoms with Gasteiger partial charge in [-0.05, 0) is 56.9 Å². The van der Waals surface area contributed by atoms with Gasteiger partial charge < -0.3 is 5.32 Å². The summed E-state index contributed by atoms with van der Waals surface area (Å²) in [7, 11) is 2.16. The van der Waals surface area contributed by atoms with Crippen LogP contribution < -0.4 is 5.32 Å². The average molecular weight is 280 g/mol. The van der Waals surface area contributed by atoms with E-state index < -0.39 is 0 Å². The van der Waals surface area contributed by atoms with Gasteiger partial charge in [0.2, 0.25) is 0 Å². The number of nitrogens with zero attached hydrogens (tertiary/aromatic N) is 1. The predicted molar refractivity (Wildman–Crippen MR) is 88.0 cm³/mol. The van der Waals surface area contributed by atoms with Crippen LogP contribution in [0.3, 0.4) is 0 Å². The van der Waals surface area contributed by atoms with E-state index in [0.29, 0.717) is 11.5 Å². The number of hydrogen-bond acceptors (Lipinski definition) is 2. The smallest absolute Gasteiger partial charge is 0.0254 e. The van der Waals surface area contributed by atoms with Gasteiger partial charge in [0.05, 0.1) is 0 Å². The molecule has 2 fully saturated rings. The van der Waals surface area contributed by atoms with Gasteiger partial charge in [-0.3, -0.25) is 4.90 Å². The molecule has 20 heavy (non-hydrogen) atoms. The summed E-state index contributed by atoms with van der Waals surface area (Å²) in [5, 5.41) is 3.61. The van der Waals surface area contributed by atoms with Crippen LogP contribution in [0.4, 0.5) is 0 Å². The number of likely N-dealkylation sites (tertiary alicyclic amines) is 1. The van der Waals surface area contributed by atoms with Crippen molar-refractivity contribution < 1.29 is 0 Å². The van der Waals surface area contributed by atoms with Gasteiger partial charge in [0, 0.05) is 24.7 Å². The van der Waals surface area contributed by atoms with E-state index >= 15 is 0 Å². The predicted octanol–water partition coefficient (Wildman–Crippen LogP) is 3.91. The zero-order valence-electron chi connectivity index (χ0n) is 14.6. The molecule has 2 aliphatic rings. The van der Waals surface area contributed by atoms with Crippen molar-refractivity contribution in [3.05, 3.63) is 0 Å². The SMILES string of the molecule is CCC(C)(C)C1CCC(NC)C(N2CC(C)CC2C)C1. The van der Waals surface area contributed by atoms with Gasteiger partial charge in [-0.15, -0.1) is 0 Å². The van der Waals surface area contributed by atoms with Crippen molar-refractivity contribution in [1.29, 1.82) is 0 Å². The van der Waals surface area contributed by atoms with Gasteiger partial charge in [0.1, 0.15) is 0 Å². The second-order valence-electron chi connectivity index (χ2n) is 8.20. The molecule has 0 bridgehead atoms. The minimum Gasteiger partial charge on any atom is -0.315 e. The molecular weight excluding hydrogens is 244 g/mol. The highest BCUT2D eigenvalue weighted by molar-refractivity contribution is 4.97. The molecule has 1 heterocycles. The fraction of sp³-hybridized carbons (Fsp3) is 1.00. The number of rotatable bonds is 4. The van der Waals surface area contributed by atoms with E-state index in [9.17, 15) is 0 Å². The summed E-state index contributed by atoms with van der Waals surface area (Å²) in [6.45, 7) is 13.5. The van der Waals surface area contributed by atoms with Gasteiger partial charge in [0.25, 0.3) is 0 Å². The van der Waals surface area contributed by atoms with Crippen molar-refractivity contribution in [2.45, 2.75) is 84.8 Å². The van der Waals surface area contributed by atoms with E-state index in [2.05, 4.69) is 51.9 Å². The Bertz CT molecular complexity index is 313. The van der Waals surface area contributed by atoms with E-state index in [1.807, 2.05) is 0 Å². The van der Waals surface area contributed by atoms with E-state index in [1.165, 1.54) is 38.6 Å². The molecule has 118 valence electrons. The lowest BCUT2D eigenvalue weighted by molar-refractivity contribution is 0.0474. The Balaban J connectivity index is 2.11. The van der Waals surface area contributed by atoms with Crippen LogP contribution in [0.15, 0.2) is 0 Å². The molecule has 0 aromatic carbocycles. The number of nitrogens with one attached hydrogen (secondary N) is 1. The van der Waals surface area contributed by atoms with E-state index in [4.69, 9.17) is 0 Å². The zero-order valence-corrected chi connectivity index (χ0v) is 14.6. The molecule has 1 N–H and O–H groups in total. The van der Waals surface area contributed by atoms with Crippen LogP contribution >= 0.6 is 0 Å². The highest BCUT2D eigenvalue weighted by atomic mass is 15.2. The lowest BCUT2D eigenvalue weighted by Gasteiger charge is -2.47. The van der Waals surface area contributed by atoms with Gasteiger partial charge in [0.15, 0.2) is 0 Å². The van der Waals surface area contributed by atoms with Crippen molar-refractivity contribution in [3.8, 4) is 0 Å². The molecule has 5 atom stereocenters. The van der Waals surface area contributed by atoms with E-state index in [-0.39, 0.29) is 0 Å². The van der Waals surface area contributed by atoms with Crippen molar-refractivity contribution in [2.75, 3.05) is 13.6 Å². The molecule has 1 aliphatic carbocycles. The monoisotopic (exact) mass is 280 g/mol. The summed E-state index contributed by atoms with van der Waals surface area (Å²) in [6.07, 6.45) is 6.84. The molecule has 2 heteroatoms. The van der Waals surface area contributed by atoms with Gasteiger partial charge in [-0.25, -0.2) is 0 Å². The van der Waals surface area contributed by atoms with Crippen LogP contribution in [0.5, 0.6) is 0 Å². The third kappa shape index (κ3) is 3.22. The van der Waals surface area contributed by atoms with Crippen LogP contribution in [0.2, 0.25) is 0 Å². The van der Waals surface area contributed by atoms with Crippen molar-refractivity contribution in [3.63, 3.8) is 0 Å². The molecule has 0 aromatic heterocycles. The highest BCUT2D eigenvalue weighted by Gasteiger charge is 2.42. The fourth-order valence-electron chi connectivity index (χ4n) is 4.64. The minimum atomic E-state index is 0.505. The van der Waals surface area contributed by atoms with Gasteiger partial charge in [-0.1, -0.05) is 34.1 Å². The normalized spacial score (nSPS) is 40.2. The summed E-state index contributed by atoms with van der Waals surface area (Å²) in [6, 6.07) is 2.23. The standard InChI is InChI=1S/C18H36N2/c1-7-18(4,5)15-8-9-16(19-6)17(11-15)20-12-13(2)10-14(20)3/h13-17,19H,7-12H2,1-6H3. The van der Waals surface area contributed by atoms with Crippen molar-refractivity contribution in [2.24, 2.45) is 17.3 Å². The number of hydrogen-bond donors (Lipinski definition) is 1. The molecule has 1 saturated carbocycles. The highest BCUT2D eigenvalue weighted by Crippen LogP contribution is 2.43. The summed E-state index contributed by atoms with van der Waals surface area (Å²) in [5.74, 6) is 1.77. The topological polar surface area (TPSA) is 15.3 Å². The summed E-state index contributed by atoms with van der Waals surface area (Å²) < 4.78 is 0. The van der Waals surface area contributed by atoms with Gasteiger partial charge >= 0.3 is 0 Å². The third-order valence-electron chi connectivity index (χ3n) is 6.46. The second kappa shape index (κ2) is 6.36. The molecule has 5 unspecified atom stereocenters. The maximum absolute atomic E-state index is 3.61. The summed E-state index contributed by atoms with van der Waals surface area (Å²) >= 11 is 0.